The summed E-state index contributed by atoms with van der Waals surface area (Å²) < 4.78 is 6.89. The minimum Gasteiger partial charge on any atom is -0.457 e. The lowest BCUT2D eigenvalue weighted by Gasteiger charge is -2.15. The summed E-state index contributed by atoms with van der Waals surface area (Å²) in [4.78, 5) is 2.40. The first-order valence-corrected chi connectivity index (χ1v) is 9.35. The molecular weight excluding hydrogens is 398 g/mol. The first-order chi connectivity index (χ1) is 12.2. The quantitative estimate of drug-likeness (QED) is 0.489. The molecule has 0 amide bonds. The van der Waals surface area contributed by atoms with Gasteiger partial charge >= 0.3 is 0 Å². The van der Waals surface area contributed by atoms with Crippen LogP contribution in [0, 0.1) is 0 Å². The zero-order chi connectivity index (χ0) is 17.2. The lowest BCUT2D eigenvalue weighted by Crippen LogP contribution is -2.15. The second-order valence-corrected chi connectivity index (χ2v) is 7.55. The summed E-state index contributed by atoms with van der Waals surface area (Å²) in [7, 11) is 0. The molecule has 0 aliphatic carbocycles. The Morgan fingerprint density at radius 2 is 1.64 bits per heavy atom. The van der Waals surface area contributed by atoms with Crippen molar-refractivity contribution in [2.45, 2.75) is 19.6 Å². The molecule has 0 saturated carbocycles. The number of nitrogens with zero attached hydrogens (tertiary/aromatic N) is 1. The Hall–Kier alpha value is -1.81. The van der Waals surface area contributed by atoms with Gasteiger partial charge in [-0.15, -0.1) is 0 Å². The second kappa shape index (κ2) is 7.20. The van der Waals surface area contributed by atoms with Gasteiger partial charge in [-0.25, -0.2) is 0 Å². The Morgan fingerprint density at radius 3 is 2.40 bits per heavy atom. The second-order valence-electron chi connectivity index (χ2n) is 6.23. The molecule has 2 nitrogen and oxygen atoms in total. The Labute approximate surface area is 161 Å². The fourth-order valence-electron chi connectivity index (χ4n) is 3.15. The van der Waals surface area contributed by atoms with E-state index in [1.807, 2.05) is 48.5 Å². The molecule has 0 spiro atoms. The molecule has 1 aliphatic rings. The minimum absolute atomic E-state index is 0.846. The van der Waals surface area contributed by atoms with Gasteiger partial charge in [0.1, 0.15) is 11.5 Å². The van der Waals surface area contributed by atoms with E-state index in [2.05, 4.69) is 39.0 Å². The largest absolute Gasteiger partial charge is 0.457 e. The van der Waals surface area contributed by atoms with E-state index in [1.165, 1.54) is 16.7 Å². The predicted molar refractivity (Wildman–Crippen MR) is 105 cm³/mol. The molecule has 0 fully saturated rings. The first-order valence-electron chi connectivity index (χ1n) is 8.18. The van der Waals surface area contributed by atoms with E-state index >= 15 is 0 Å². The number of hydrogen-bond acceptors (Lipinski definition) is 2. The van der Waals surface area contributed by atoms with Crippen molar-refractivity contribution >= 4 is 27.5 Å². The number of fused-ring (bicyclic) bond motifs is 1. The van der Waals surface area contributed by atoms with Crippen molar-refractivity contribution in [2.75, 3.05) is 0 Å². The molecule has 25 heavy (non-hydrogen) atoms. The molecule has 0 aromatic heterocycles. The van der Waals surface area contributed by atoms with Gasteiger partial charge in [0.2, 0.25) is 0 Å². The molecule has 0 N–H and O–H groups in total. The van der Waals surface area contributed by atoms with Crippen LogP contribution in [0.25, 0.3) is 0 Å². The van der Waals surface area contributed by atoms with E-state index in [0.717, 1.165) is 40.6 Å². The summed E-state index contributed by atoms with van der Waals surface area (Å²) in [6.07, 6.45) is 0. The fraction of sp³-hybridized carbons (Fsp3) is 0.143. The summed E-state index contributed by atoms with van der Waals surface area (Å²) in [6, 6.07) is 22.3. The average Bonchev–Trinajstić information content (AvgIpc) is 3.00. The van der Waals surface area contributed by atoms with Crippen LogP contribution in [0.3, 0.4) is 0 Å². The Kier molecular flexibility index (Phi) is 4.80. The Balaban J connectivity index is 1.42. The van der Waals surface area contributed by atoms with Crippen molar-refractivity contribution in [2.24, 2.45) is 0 Å². The van der Waals surface area contributed by atoms with Crippen molar-refractivity contribution in [3.8, 4) is 11.5 Å². The van der Waals surface area contributed by atoms with Gasteiger partial charge in [-0.3, -0.25) is 4.90 Å². The normalized spacial score (nSPS) is 13.7. The third kappa shape index (κ3) is 3.90. The summed E-state index contributed by atoms with van der Waals surface area (Å²) in [5.41, 5.74) is 3.82. The van der Waals surface area contributed by atoms with E-state index in [-0.39, 0.29) is 0 Å². The van der Waals surface area contributed by atoms with Gasteiger partial charge in [0.15, 0.2) is 0 Å². The maximum absolute atomic E-state index is 6.37. The summed E-state index contributed by atoms with van der Waals surface area (Å²) in [5.74, 6) is 1.71. The van der Waals surface area contributed by atoms with Crippen LogP contribution in [0.5, 0.6) is 11.5 Å². The monoisotopic (exact) mass is 413 g/mol. The summed E-state index contributed by atoms with van der Waals surface area (Å²) >= 11 is 9.89. The smallest absolute Gasteiger partial charge is 0.127 e. The van der Waals surface area contributed by atoms with Crippen molar-refractivity contribution in [3.05, 3.63) is 92.9 Å². The lowest BCUT2D eigenvalue weighted by molar-refractivity contribution is 0.275. The number of para-hydroxylation sites is 1. The summed E-state index contributed by atoms with van der Waals surface area (Å²) in [5, 5.41) is 0.846. The number of hydrogen-bond donors (Lipinski definition) is 0. The van der Waals surface area contributed by atoms with Gasteiger partial charge in [-0.1, -0.05) is 57.9 Å². The van der Waals surface area contributed by atoms with Gasteiger partial charge in [-0.05, 0) is 53.1 Å². The highest BCUT2D eigenvalue weighted by Crippen LogP contribution is 2.33. The van der Waals surface area contributed by atoms with Crippen LogP contribution in [0.4, 0.5) is 0 Å². The molecular formula is C21H17BrClNO. The molecule has 3 aromatic carbocycles. The van der Waals surface area contributed by atoms with E-state index in [1.54, 1.807) is 0 Å². The molecule has 4 rings (SSSR count). The maximum Gasteiger partial charge on any atom is 0.127 e. The highest BCUT2D eigenvalue weighted by molar-refractivity contribution is 9.10. The third-order valence-electron chi connectivity index (χ3n) is 4.34. The van der Waals surface area contributed by atoms with Crippen molar-refractivity contribution < 1.29 is 4.74 Å². The van der Waals surface area contributed by atoms with E-state index in [9.17, 15) is 0 Å². The first kappa shape index (κ1) is 16.6. The molecule has 0 bridgehead atoms. The maximum atomic E-state index is 6.37. The highest BCUT2D eigenvalue weighted by atomic mass is 79.9. The van der Waals surface area contributed by atoms with Crippen LogP contribution in [-0.4, -0.2) is 4.90 Å². The van der Waals surface area contributed by atoms with Gasteiger partial charge in [0.25, 0.3) is 0 Å². The van der Waals surface area contributed by atoms with Crippen molar-refractivity contribution in [1.82, 2.24) is 4.90 Å². The molecule has 1 heterocycles. The molecule has 1 aliphatic heterocycles. The van der Waals surface area contributed by atoms with Crippen LogP contribution in [0.15, 0.2) is 71.2 Å². The van der Waals surface area contributed by atoms with E-state index < -0.39 is 0 Å². The van der Waals surface area contributed by atoms with E-state index in [4.69, 9.17) is 16.3 Å². The lowest BCUT2D eigenvalue weighted by atomic mass is 10.1. The number of ether oxygens (including phenoxy) is 1. The SMILES string of the molecule is Clc1cc(Br)cc2c1CN(Cc1ccc(Oc3ccccc3)cc1)C2. The zero-order valence-electron chi connectivity index (χ0n) is 13.6. The Morgan fingerprint density at radius 1 is 0.920 bits per heavy atom. The number of benzene rings is 3. The molecule has 0 radical (unpaired) electrons. The van der Waals surface area contributed by atoms with Crippen LogP contribution in [0.2, 0.25) is 5.02 Å². The minimum atomic E-state index is 0.846. The van der Waals surface area contributed by atoms with Gasteiger partial charge < -0.3 is 4.74 Å². The molecule has 4 heteroatoms. The zero-order valence-corrected chi connectivity index (χ0v) is 15.9. The molecule has 3 aromatic rings. The van der Waals surface area contributed by atoms with Gasteiger partial charge in [0.05, 0.1) is 0 Å². The van der Waals surface area contributed by atoms with Crippen LogP contribution in [-0.2, 0) is 19.6 Å². The summed E-state index contributed by atoms with van der Waals surface area (Å²) in [6.45, 7) is 2.72. The molecule has 0 saturated heterocycles. The van der Waals surface area contributed by atoms with Crippen LogP contribution >= 0.6 is 27.5 Å². The molecule has 0 unspecified atom stereocenters. The number of rotatable bonds is 4. The molecule has 126 valence electrons. The fourth-order valence-corrected chi connectivity index (χ4v) is 4.09. The average molecular weight is 415 g/mol. The van der Waals surface area contributed by atoms with E-state index in [0.29, 0.717) is 0 Å². The van der Waals surface area contributed by atoms with Crippen molar-refractivity contribution in [3.63, 3.8) is 0 Å². The van der Waals surface area contributed by atoms with Gasteiger partial charge in [-0.2, -0.15) is 0 Å². The van der Waals surface area contributed by atoms with Crippen LogP contribution in [0.1, 0.15) is 16.7 Å². The third-order valence-corrected chi connectivity index (χ3v) is 5.13. The van der Waals surface area contributed by atoms with Crippen LogP contribution < -0.4 is 4.74 Å². The standard InChI is InChI=1S/C21H17BrClNO/c22-17-10-16-13-24(14-20(16)21(23)11-17)12-15-6-8-19(9-7-15)25-18-4-2-1-3-5-18/h1-11H,12-14H2. The number of halogens is 2. The highest BCUT2D eigenvalue weighted by Gasteiger charge is 2.21. The predicted octanol–water partition coefficient (Wildman–Crippen LogP) is 6.41. The van der Waals surface area contributed by atoms with Gasteiger partial charge in [0, 0.05) is 29.1 Å². The molecule has 0 atom stereocenters. The Bertz CT molecular complexity index is 880. The topological polar surface area (TPSA) is 12.5 Å². The van der Waals surface area contributed by atoms with Crippen molar-refractivity contribution in [1.29, 1.82) is 0 Å².